The number of fused-ring (bicyclic) bond motifs is 2. The zero-order valence-corrected chi connectivity index (χ0v) is 12.4. The van der Waals surface area contributed by atoms with E-state index in [1.807, 2.05) is 12.2 Å². The van der Waals surface area contributed by atoms with Crippen molar-refractivity contribution in [3.8, 4) is 0 Å². The second-order valence-electron chi connectivity index (χ2n) is 6.06. The third-order valence-electron chi connectivity index (χ3n) is 4.68. The summed E-state index contributed by atoms with van der Waals surface area (Å²) >= 11 is 0. The summed E-state index contributed by atoms with van der Waals surface area (Å²) in [6, 6.07) is 6.27. The molecule has 2 unspecified atom stereocenters. The van der Waals surface area contributed by atoms with E-state index in [2.05, 4.69) is 4.98 Å². The van der Waals surface area contributed by atoms with E-state index in [1.54, 1.807) is 18.3 Å². The van der Waals surface area contributed by atoms with Crippen molar-refractivity contribution < 1.29 is 14.0 Å². The van der Waals surface area contributed by atoms with Crippen molar-refractivity contribution in [3.63, 3.8) is 0 Å². The minimum absolute atomic E-state index is 0.0793. The van der Waals surface area contributed by atoms with Gasteiger partial charge in [0.15, 0.2) is 0 Å². The number of benzene rings is 1. The van der Waals surface area contributed by atoms with Crippen LogP contribution in [0, 0.1) is 17.7 Å². The third-order valence-corrected chi connectivity index (χ3v) is 4.68. The van der Waals surface area contributed by atoms with E-state index in [0.29, 0.717) is 29.3 Å². The number of rotatable bonds is 2. The number of carbonyl (C=O) groups is 2. The molecule has 1 aromatic carbocycles. The molecule has 116 valence electrons. The summed E-state index contributed by atoms with van der Waals surface area (Å²) in [7, 11) is 0. The predicted molar refractivity (Wildman–Crippen MR) is 82.6 cm³/mol. The van der Waals surface area contributed by atoms with Gasteiger partial charge in [0, 0.05) is 17.1 Å². The Morgan fingerprint density at radius 3 is 2.52 bits per heavy atom. The summed E-state index contributed by atoms with van der Waals surface area (Å²) in [4.78, 5) is 30.6. The highest BCUT2D eigenvalue weighted by molar-refractivity contribution is 6.05. The number of hydrogen-bond acceptors (Lipinski definition) is 3. The normalized spacial score (nSPS) is 23.6. The van der Waals surface area contributed by atoms with Crippen LogP contribution >= 0.6 is 0 Å². The zero-order valence-electron chi connectivity index (χ0n) is 12.4. The molecular formula is C18H15FN2O2. The number of carbonyl (C=O) groups excluding carboxylic acids is 2. The molecule has 23 heavy (non-hydrogen) atoms. The monoisotopic (exact) mass is 310 g/mol. The Morgan fingerprint density at radius 2 is 1.83 bits per heavy atom. The lowest BCUT2D eigenvalue weighted by atomic mass is 9.85. The molecule has 2 aromatic rings. The van der Waals surface area contributed by atoms with Crippen LogP contribution in [0.15, 0.2) is 42.6 Å². The Balaban J connectivity index is 1.71. The minimum atomic E-state index is -0.390. The summed E-state index contributed by atoms with van der Waals surface area (Å²) in [5.41, 5.74) is 1.19. The van der Waals surface area contributed by atoms with Crippen molar-refractivity contribution in [2.24, 2.45) is 11.8 Å². The van der Waals surface area contributed by atoms with Gasteiger partial charge in [-0.25, -0.2) is 4.39 Å². The van der Waals surface area contributed by atoms with Crippen molar-refractivity contribution in [1.82, 2.24) is 9.88 Å². The quantitative estimate of drug-likeness (QED) is 0.633. The summed E-state index contributed by atoms with van der Waals surface area (Å²) in [5, 5.41) is 0.667. The van der Waals surface area contributed by atoms with Crippen molar-refractivity contribution in [3.05, 3.63) is 54.0 Å². The Kier molecular flexibility index (Phi) is 3.22. The van der Waals surface area contributed by atoms with Crippen LogP contribution < -0.4 is 0 Å². The van der Waals surface area contributed by atoms with Gasteiger partial charge in [0.05, 0.1) is 23.9 Å². The molecule has 0 bridgehead atoms. The van der Waals surface area contributed by atoms with Crippen LogP contribution in [-0.2, 0) is 16.1 Å². The van der Waals surface area contributed by atoms with Crippen LogP contribution in [0.2, 0.25) is 0 Å². The first kappa shape index (κ1) is 14.1. The van der Waals surface area contributed by atoms with Crippen LogP contribution in [-0.4, -0.2) is 21.7 Å². The second-order valence-corrected chi connectivity index (χ2v) is 6.06. The molecule has 2 aliphatic rings. The maximum atomic E-state index is 13.8. The number of pyridine rings is 1. The Morgan fingerprint density at radius 1 is 1.13 bits per heavy atom. The maximum Gasteiger partial charge on any atom is 0.233 e. The number of nitrogens with zero attached hydrogens (tertiary/aromatic N) is 2. The van der Waals surface area contributed by atoms with Gasteiger partial charge < -0.3 is 0 Å². The van der Waals surface area contributed by atoms with Gasteiger partial charge in [-0.2, -0.15) is 0 Å². The Labute approximate surface area is 132 Å². The summed E-state index contributed by atoms with van der Waals surface area (Å²) in [6.07, 6.45) is 6.74. The fraction of sp³-hybridized carbons (Fsp3) is 0.278. The van der Waals surface area contributed by atoms with E-state index in [0.717, 1.165) is 0 Å². The first-order chi connectivity index (χ1) is 11.1. The van der Waals surface area contributed by atoms with Crippen molar-refractivity contribution in [1.29, 1.82) is 0 Å². The lowest BCUT2D eigenvalue weighted by Crippen LogP contribution is -2.30. The van der Waals surface area contributed by atoms with Crippen LogP contribution in [0.4, 0.5) is 4.39 Å². The highest BCUT2D eigenvalue weighted by Crippen LogP contribution is 2.36. The highest BCUT2D eigenvalue weighted by Gasteiger charge is 2.47. The van der Waals surface area contributed by atoms with Gasteiger partial charge in [-0.1, -0.05) is 18.2 Å². The van der Waals surface area contributed by atoms with E-state index < -0.39 is 5.82 Å². The smallest absolute Gasteiger partial charge is 0.233 e. The predicted octanol–water partition coefficient (Wildman–Crippen LogP) is 2.83. The largest absolute Gasteiger partial charge is 0.278 e. The molecular weight excluding hydrogens is 295 g/mol. The zero-order chi connectivity index (χ0) is 16.0. The third kappa shape index (κ3) is 2.23. The fourth-order valence-corrected chi connectivity index (χ4v) is 3.54. The van der Waals surface area contributed by atoms with Crippen LogP contribution in [0.5, 0.6) is 0 Å². The van der Waals surface area contributed by atoms with E-state index in [1.165, 1.54) is 17.0 Å². The highest BCUT2D eigenvalue weighted by atomic mass is 19.1. The number of amides is 2. The van der Waals surface area contributed by atoms with E-state index in [-0.39, 0.29) is 30.2 Å². The maximum absolute atomic E-state index is 13.8. The van der Waals surface area contributed by atoms with E-state index >= 15 is 0 Å². The molecule has 1 aromatic heterocycles. The molecule has 1 saturated heterocycles. The standard InChI is InChI=1S/C18H15FN2O2/c19-13-8-11-4-3-7-20-16(11)12(9-13)10-21-17(22)14-5-1-2-6-15(14)18(21)23/h1-4,7-9,14-15H,5-6,10H2. The summed E-state index contributed by atoms with van der Waals surface area (Å²) < 4.78 is 13.8. The van der Waals surface area contributed by atoms with Gasteiger partial charge in [-0.15, -0.1) is 0 Å². The van der Waals surface area contributed by atoms with Crippen LogP contribution in [0.1, 0.15) is 18.4 Å². The SMILES string of the molecule is O=C1C2CC=CCC2C(=O)N1Cc1cc(F)cc2cccnc12. The van der Waals surface area contributed by atoms with Crippen molar-refractivity contribution in [2.75, 3.05) is 0 Å². The molecule has 2 amide bonds. The fourth-order valence-electron chi connectivity index (χ4n) is 3.54. The molecule has 0 radical (unpaired) electrons. The lowest BCUT2D eigenvalue weighted by Gasteiger charge is -2.16. The van der Waals surface area contributed by atoms with Gasteiger partial charge >= 0.3 is 0 Å². The summed E-state index contributed by atoms with van der Waals surface area (Å²) in [5.74, 6) is -1.23. The van der Waals surface area contributed by atoms with Crippen LogP contribution in [0.25, 0.3) is 10.9 Å². The molecule has 0 saturated carbocycles. The molecule has 5 heteroatoms. The van der Waals surface area contributed by atoms with Gasteiger partial charge in [-0.05, 0) is 31.0 Å². The molecule has 2 heterocycles. The van der Waals surface area contributed by atoms with Gasteiger partial charge in [0.2, 0.25) is 11.8 Å². The number of aromatic nitrogens is 1. The second kappa shape index (κ2) is 5.26. The lowest BCUT2D eigenvalue weighted by molar-refractivity contribution is -0.140. The molecule has 0 N–H and O–H groups in total. The van der Waals surface area contributed by atoms with Crippen molar-refractivity contribution >= 4 is 22.7 Å². The van der Waals surface area contributed by atoms with Crippen LogP contribution in [0.3, 0.4) is 0 Å². The molecule has 0 spiro atoms. The molecule has 1 aliphatic carbocycles. The first-order valence-electron chi connectivity index (χ1n) is 7.68. The number of likely N-dealkylation sites (tertiary alicyclic amines) is 1. The van der Waals surface area contributed by atoms with E-state index in [9.17, 15) is 14.0 Å². The Bertz CT molecular complexity index is 820. The van der Waals surface area contributed by atoms with Gasteiger partial charge in [0.25, 0.3) is 0 Å². The number of allylic oxidation sites excluding steroid dienone is 2. The first-order valence-corrected chi connectivity index (χ1v) is 7.68. The van der Waals surface area contributed by atoms with Crippen molar-refractivity contribution in [2.45, 2.75) is 19.4 Å². The summed E-state index contributed by atoms with van der Waals surface area (Å²) in [6.45, 7) is 0.0793. The average Bonchev–Trinajstić information content (AvgIpc) is 2.80. The Hall–Kier alpha value is -2.56. The molecule has 2 atom stereocenters. The van der Waals surface area contributed by atoms with Gasteiger partial charge in [-0.3, -0.25) is 19.5 Å². The van der Waals surface area contributed by atoms with E-state index in [4.69, 9.17) is 0 Å². The number of hydrogen-bond donors (Lipinski definition) is 0. The molecule has 1 aliphatic heterocycles. The molecule has 1 fully saturated rings. The topological polar surface area (TPSA) is 50.3 Å². The molecule has 4 rings (SSSR count). The number of halogens is 1. The van der Waals surface area contributed by atoms with Gasteiger partial charge in [0.1, 0.15) is 5.82 Å². The average molecular weight is 310 g/mol. The number of imide groups is 1. The molecule has 4 nitrogen and oxygen atoms in total. The minimum Gasteiger partial charge on any atom is -0.278 e.